The van der Waals surface area contributed by atoms with E-state index in [-0.39, 0.29) is 12.5 Å². The molecule has 0 fully saturated rings. The van der Waals surface area contributed by atoms with E-state index in [1.165, 1.54) is 4.90 Å². The lowest BCUT2D eigenvalue weighted by Gasteiger charge is -2.28. The largest absolute Gasteiger partial charge is 0.444 e. The number of ether oxygens (including phenoxy) is 2. The second-order valence-corrected chi connectivity index (χ2v) is 10.2. The van der Waals surface area contributed by atoms with Gasteiger partial charge in [0, 0.05) is 18.7 Å². The van der Waals surface area contributed by atoms with Gasteiger partial charge in [-0.05, 0) is 66.4 Å². The smallest absolute Gasteiger partial charge is 0.408 e. The average molecular weight is 464 g/mol. The van der Waals surface area contributed by atoms with E-state index in [0.29, 0.717) is 31.4 Å². The second-order valence-electron chi connectivity index (χ2n) is 10.2. The van der Waals surface area contributed by atoms with Crippen LogP contribution in [0.3, 0.4) is 0 Å². The summed E-state index contributed by atoms with van der Waals surface area (Å²) in [5.74, 6) is -0.385. The first-order valence-corrected chi connectivity index (χ1v) is 11.3. The van der Waals surface area contributed by atoms with Gasteiger partial charge in [0.05, 0.1) is 0 Å². The third-order valence-corrected chi connectivity index (χ3v) is 4.83. The normalized spacial score (nSPS) is 16.6. The van der Waals surface area contributed by atoms with Crippen LogP contribution in [-0.2, 0) is 20.8 Å². The molecule has 1 aromatic rings. The molecule has 1 aromatic carbocycles. The highest BCUT2D eigenvalue weighted by atomic mass is 16.6. The van der Waals surface area contributed by atoms with E-state index in [9.17, 15) is 19.5 Å². The lowest BCUT2D eigenvalue weighted by atomic mass is 10.1. The zero-order valence-corrected chi connectivity index (χ0v) is 20.4. The summed E-state index contributed by atoms with van der Waals surface area (Å²) in [6, 6.07) is 6.44. The van der Waals surface area contributed by atoms with Crippen molar-refractivity contribution in [3.63, 3.8) is 0 Å². The van der Waals surface area contributed by atoms with Gasteiger partial charge in [-0.15, -0.1) is 0 Å². The minimum absolute atomic E-state index is 0.267. The summed E-state index contributed by atoms with van der Waals surface area (Å²) in [6.45, 7) is 11.2. The van der Waals surface area contributed by atoms with Gasteiger partial charge in [0.25, 0.3) is 0 Å². The van der Waals surface area contributed by atoms with E-state index in [1.54, 1.807) is 47.6 Å². The van der Waals surface area contributed by atoms with Crippen LogP contribution >= 0.6 is 0 Å². The zero-order valence-electron chi connectivity index (χ0n) is 20.4. The second kappa shape index (κ2) is 10.9. The Bertz CT molecular complexity index is 843. The number of benzene rings is 1. The van der Waals surface area contributed by atoms with Crippen LogP contribution in [0.1, 0.15) is 78.2 Å². The van der Waals surface area contributed by atoms with E-state index in [2.05, 4.69) is 10.6 Å². The van der Waals surface area contributed by atoms with Crippen molar-refractivity contribution in [2.45, 2.75) is 90.8 Å². The molecule has 1 heterocycles. The number of aliphatic hydroxyl groups excluding tert-OH is 1. The van der Waals surface area contributed by atoms with Crippen molar-refractivity contribution in [1.82, 2.24) is 15.5 Å². The summed E-state index contributed by atoms with van der Waals surface area (Å²) in [5, 5.41) is 16.0. The van der Waals surface area contributed by atoms with Crippen molar-refractivity contribution >= 4 is 18.1 Å². The van der Waals surface area contributed by atoms with Crippen LogP contribution in [0, 0.1) is 0 Å². The number of fused-ring (bicyclic) bond motifs is 1. The van der Waals surface area contributed by atoms with E-state index in [4.69, 9.17) is 9.47 Å². The first-order chi connectivity index (χ1) is 15.3. The predicted molar refractivity (Wildman–Crippen MR) is 123 cm³/mol. The number of alkyl carbamates (subject to hydrolysis) is 2. The van der Waals surface area contributed by atoms with Crippen LogP contribution in [0.5, 0.6) is 0 Å². The molecule has 1 aliphatic rings. The molecule has 0 aliphatic carbocycles. The molecule has 2 rings (SSSR count). The molecular formula is C24H37N3O6. The molecule has 0 saturated carbocycles. The van der Waals surface area contributed by atoms with Crippen LogP contribution in [0.25, 0.3) is 0 Å². The molecule has 1 aliphatic heterocycles. The standard InChI is InChI=1S/C24H37N3O6/c1-23(2,3)32-21(30)25-14-10-9-13-18(26-22(31)33-24(4,5)6)20(29)27-15-16-11-7-8-12-17(16)19(27)28/h7-8,11-12,18-19,28H,9-10,13-15H2,1-6H3,(H,25,30)(H,26,31)/t18-,19?/m0/s1. The molecule has 0 aromatic heterocycles. The predicted octanol–water partition coefficient (Wildman–Crippen LogP) is 3.61. The van der Waals surface area contributed by atoms with Crippen molar-refractivity contribution in [3.05, 3.63) is 35.4 Å². The Balaban J connectivity index is 1.96. The molecule has 2 atom stereocenters. The van der Waals surface area contributed by atoms with Crippen molar-refractivity contribution in [2.75, 3.05) is 6.54 Å². The first-order valence-electron chi connectivity index (χ1n) is 11.3. The van der Waals surface area contributed by atoms with Crippen LogP contribution in [-0.4, -0.2) is 51.9 Å². The number of nitrogens with one attached hydrogen (secondary N) is 2. The summed E-state index contributed by atoms with van der Waals surface area (Å²) in [4.78, 5) is 38.7. The Labute approximate surface area is 195 Å². The quantitative estimate of drug-likeness (QED) is 0.532. The number of unbranched alkanes of at least 4 members (excludes halogenated alkanes) is 1. The van der Waals surface area contributed by atoms with Crippen LogP contribution in [0.4, 0.5) is 9.59 Å². The fraction of sp³-hybridized carbons (Fsp3) is 0.625. The Hall–Kier alpha value is -2.81. The topological polar surface area (TPSA) is 117 Å². The molecule has 3 N–H and O–H groups in total. The van der Waals surface area contributed by atoms with Gasteiger partial charge < -0.3 is 30.1 Å². The minimum Gasteiger partial charge on any atom is -0.444 e. The first kappa shape index (κ1) is 26.4. The summed E-state index contributed by atoms with van der Waals surface area (Å²) in [5.41, 5.74) is 0.269. The van der Waals surface area contributed by atoms with Crippen molar-refractivity contribution < 1.29 is 29.0 Å². The van der Waals surface area contributed by atoms with Gasteiger partial charge in [-0.25, -0.2) is 9.59 Å². The summed E-state index contributed by atoms with van der Waals surface area (Å²) in [7, 11) is 0. The fourth-order valence-corrected chi connectivity index (χ4v) is 3.45. The third-order valence-electron chi connectivity index (χ3n) is 4.83. The lowest BCUT2D eigenvalue weighted by molar-refractivity contribution is -0.143. The molecule has 9 heteroatoms. The van der Waals surface area contributed by atoms with E-state index >= 15 is 0 Å². The molecule has 0 spiro atoms. The van der Waals surface area contributed by atoms with Crippen LogP contribution in [0.15, 0.2) is 24.3 Å². The van der Waals surface area contributed by atoms with E-state index < -0.39 is 35.7 Å². The average Bonchev–Trinajstić information content (AvgIpc) is 3.00. The number of carbonyl (C=O) groups is 3. The maximum atomic E-state index is 13.3. The van der Waals surface area contributed by atoms with Gasteiger partial charge in [-0.2, -0.15) is 0 Å². The van der Waals surface area contributed by atoms with Crippen molar-refractivity contribution in [2.24, 2.45) is 0 Å². The molecule has 0 radical (unpaired) electrons. The van der Waals surface area contributed by atoms with Gasteiger partial charge in [0.15, 0.2) is 6.23 Å². The van der Waals surface area contributed by atoms with E-state index in [1.807, 2.05) is 18.2 Å². The highest BCUT2D eigenvalue weighted by molar-refractivity contribution is 5.86. The van der Waals surface area contributed by atoms with Crippen LogP contribution in [0.2, 0.25) is 0 Å². The van der Waals surface area contributed by atoms with Gasteiger partial charge >= 0.3 is 12.2 Å². The fourth-order valence-electron chi connectivity index (χ4n) is 3.45. The highest BCUT2D eigenvalue weighted by Crippen LogP contribution is 2.32. The summed E-state index contributed by atoms with van der Waals surface area (Å²) in [6.07, 6.45) is -0.793. The number of hydrogen-bond acceptors (Lipinski definition) is 6. The number of amides is 3. The molecule has 184 valence electrons. The molecule has 0 saturated heterocycles. The summed E-state index contributed by atoms with van der Waals surface area (Å²) >= 11 is 0. The Morgan fingerprint density at radius 2 is 1.64 bits per heavy atom. The Kier molecular flexibility index (Phi) is 8.71. The van der Waals surface area contributed by atoms with Crippen molar-refractivity contribution in [3.8, 4) is 0 Å². The van der Waals surface area contributed by atoms with Gasteiger partial charge in [-0.3, -0.25) is 4.79 Å². The monoisotopic (exact) mass is 463 g/mol. The SMILES string of the molecule is CC(C)(C)OC(=O)NCCCC[C@H](NC(=O)OC(C)(C)C)C(=O)N1Cc2ccccc2C1O. The molecule has 1 unspecified atom stereocenters. The number of hydrogen-bond donors (Lipinski definition) is 3. The molecule has 3 amide bonds. The molecule has 33 heavy (non-hydrogen) atoms. The Morgan fingerprint density at radius 3 is 2.24 bits per heavy atom. The summed E-state index contributed by atoms with van der Waals surface area (Å²) < 4.78 is 10.5. The van der Waals surface area contributed by atoms with Crippen LogP contribution < -0.4 is 10.6 Å². The molecular weight excluding hydrogens is 426 g/mol. The number of carbonyl (C=O) groups excluding carboxylic acids is 3. The van der Waals surface area contributed by atoms with Gasteiger partial charge in [0.1, 0.15) is 17.2 Å². The zero-order chi connectivity index (χ0) is 24.8. The maximum absolute atomic E-state index is 13.3. The Morgan fingerprint density at radius 1 is 1.03 bits per heavy atom. The highest BCUT2D eigenvalue weighted by Gasteiger charge is 2.36. The van der Waals surface area contributed by atoms with Gasteiger partial charge in [0.2, 0.25) is 5.91 Å². The number of rotatable bonds is 7. The maximum Gasteiger partial charge on any atom is 0.408 e. The minimum atomic E-state index is -1.06. The van der Waals surface area contributed by atoms with Gasteiger partial charge in [-0.1, -0.05) is 24.3 Å². The third kappa shape index (κ3) is 8.57. The lowest BCUT2D eigenvalue weighted by Crippen LogP contribution is -2.49. The van der Waals surface area contributed by atoms with E-state index in [0.717, 1.165) is 5.56 Å². The van der Waals surface area contributed by atoms with Crippen molar-refractivity contribution in [1.29, 1.82) is 0 Å². The number of aliphatic hydroxyl groups is 1. The molecule has 0 bridgehead atoms. The number of nitrogens with zero attached hydrogens (tertiary/aromatic N) is 1. The molecule has 9 nitrogen and oxygen atoms in total.